The zero-order chi connectivity index (χ0) is 24.2. The van der Waals surface area contributed by atoms with Crippen molar-refractivity contribution >= 4 is 28.8 Å². The molecule has 1 aliphatic carbocycles. The number of nitrogens with zero attached hydrogens (tertiary/aromatic N) is 3. The number of hydrogen-bond acceptors (Lipinski definition) is 4. The topological polar surface area (TPSA) is 42.9 Å². The Morgan fingerprint density at radius 2 is 1.50 bits per heavy atom. The molecule has 2 N–H and O–H groups in total. The van der Waals surface area contributed by atoms with Crippen LogP contribution >= 0.6 is 11.6 Å². The van der Waals surface area contributed by atoms with Crippen LogP contribution in [-0.2, 0) is 6.54 Å². The molecule has 0 amide bonds. The van der Waals surface area contributed by atoms with E-state index in [9.17, 15) is 0 Å². The first-order valence-electron chi connectivity index (χ1n) is 12.5. The average molecular weight is 482 g/mol. The lowest BCUT2D eigenvalue weighted by Crippen LogP contribution is -2.56. The molecule has 0 atom stereocenters. The second-order valence-electron chi connectivity index (χ2n) is 10.8. The molecular formula is C28H40ClN5. The molecule has 2 aliphatic rings. The number of nitrogens with one attached hydrogen (secondary N) is 2. The molecule has 1 fully saturated rings. The van der Waals surface area contributed by atoms with Crippen LogP contribution in [0.2, 0.25) is 5.02 Å². The number of rotatable bonds is 8. The lowest BCUT2D eigenvalue weighted by atomic mass is 9.63. The molecular weight excluding hydrogens is 442 g/mol. The van der Waals surface area contributed by atoms with Crippen LogP contribution in [0.4, 0.5) is 11.4 Å². The molecule has 0 unspecified atom stereocenters. The maximum Gasteiger partial charge on any atom is 0.127 e. The number of hydrogen-bond donors (Lipinski definition) is 2. The zero-order valence-electron chi connectivity index (χ0n) is 21.2. The van der Waals surface area contributed by atoms with E-state index in [0.717, 1.165) is 48.0 Å². The second kappa shape index (κ2) is 10.7. The predicted octanol–water partition coefficient (Wildman–Crippen LogP) is 5.98. The molecule has 5 nitrogen and oxygen atoms in total. The second-order valence-corrected chi connectivity index (χ2v) is 11.2. The predicted molar refractivity (Wildman–Crippen MR) is 146 cm³/mol. The van der Waals surface area contributed by atoms with Gasteiger partial charge in [-0.3, -0.25) is 4.99 Å². The van der Waals surface area contributed by atoms with Crippen LogP contribution in [0, 0.1) is 5.41 Å². The van der Waals surface area contributed by atoms with Crippen LogP contribution in [0.15, 0.2) is 53.5 Å². The first kappa shape index (κ1) is 25.0. The van der Waals surface area contributed by atoms with Crippen molar-refractivity contribution in [2.45, 2.75) is 50.6 Å². The normalized spacial score (nSPS) is 19.8. The number of benzene rings is 2. The standard InChI is InChI=1S/C28H40ClN5/c1-33(2)18-16-27(17-19-34(3)4)12-14-28(15-13-27)26(30-21-22-8-7-9-23(29)20-22)31-24-10-5-6-11-25(24)32-28/h5-11,20,32H,12-19,21H2,1-4H3,(H,30,31). The molecule has 0 bridgehead atoms. The minimum atomic E-state index is -0.146. The van der Waals surface area contributed by atoms with E-state index in [0.29, 0.717) is 12.0 Å². The van der Waals surface area contributed by atoms with Gasteiger partial charge in [0.1, 0.15) is 5.84 Å². The fourth-order valence-corrected chi connectivity index (χ4v) is 5.59. The van der Waals surface area contributed by atoms with E-state index in [-0.39, 0.29) is 5.54 Å². The van der Waals surface area contributed by atoms with Crippen LogP contribution in [0.5, 0.6) is 0 Å². The molecule has 1 spiro atoms. The van der Waals surface area contributed by atoms with Crippen LogP contribution in [0.25, 0.3) is 0 Å². The first-order valence-corrected chi connectivity index (χ1v) is 12.9. The number of aliphatic imine (C=N–C) groups is 1. The quantitative estimate of drug-likeness (QED) is 0.486. The Morgan fingerprint density at radius 3 is 2.12 bits per heavy atom. The first-order chi connectivity index (χ1) is 16.3. The number of amidine groups is 1. The average Bonchev–Trinajstić information content (AvgIpc) is 2.82. The van der Waals surface area contributed by atoms with Gasteiger partial charge in [0.25, 0.3) is 0 Å². The largest absolute Gasteiger partial charge is 0.371 e. The minimum Gasteiger partial charge on any atom is -0.371 e. The molecule has 4 rings (SSSR count). The maximum atomic E-state index is 6.23. The summed E-state index contributed by atoms with van der Waals surface area (Å²) in [5.41, 5.74) is 3.66. The van der Waals surface area contributed by atoms with Crippen molar-refractivity contribution in [1.82, 2.24) is 9.80 Å². The van der Waals surface area contributed by atoms with Gasteiger partial charge in [-0.2, -0.15) is 0 Å². The van der Waals surface area contributed by atoms with E-state index in [1.807, 2.05) is 18.2 Å². The number of para-hydroxylation sites is 2. The van der Waals surface area contributed by atoms with E-state index in [1.165, 1.54) is 31.4 Å². The maximum absolute atomic E-state index is 6.23. The van der Waals surface area contributed by atoms with Crippen molar-refractivity contribution in [2.75, 3.05) is 51.9 Å². The summed E-state index contributed by atoms with van der Waals surface area (Å²) in [5.74, 6) is 1.07. The SMILES string of the molecule is CN(C)CCC1(CCN(C)C)CCC2(CC1)Nc1ccccc1NC2=NCc1cccc(Cl)c1. The fourth-order valence-electron chi connectivity index (χ4n) is 5.38. The summed E-state index contributed by atoms with van der Waals surface area (Å²) in [5, 5.41) is 8.41. The third-order valence-corrected chi connectivity index (χ3v) is 7.89. The Hall–Kier alpha value is -2.08. The molecule has 2 aromatic carbocycles. The highest BCUT2D eigenvalue weighted by molar-refractivity contribution is 6.30. The molecule has 0 saturated heterocycles. The molecule has 6 heteroatoms. The molecule has 0 radical (unpaired) electrons. The summed E-state index contributed by atoms with van der Waals surface area (Å²) in [4.78, 5) is 9.79. The molecule has 184 valence electrons. The third-order valence-electron chi connectivity index (χ3n) is 7.66. The summed E-state index contributed by atoms with van der Waals surface area (Å²) in [6, 6.07) is 16.5. The highest BCUT2D eigenvalue weighted by atomic mass is 35.5. The molecule has 1 aliphatic heterocycles. The van der Waals surface area contributed by atoms with Crippen molar-refractivity contribution in [1.29, 1.82) is 0 Å². The van der Waals surface area contributed by atoms with Gasteiger partial charge in [-0.25, -0.2) is 0 Å². The van der Waals surface area contributed by atoms with Gasteiger partial charge in [-0.15, -0.1) is 0 Å². The van der Waals surface area contributed by atoms with Gasteiger partial charge in [-0.05, 0) is 115 Å². The highest BCUT2D eigenvalue weighted by Crippen LogP contribution is 2.49. The molecule has 0 aromatic heterocycles. The summed E-state index contributed by atoms with van der Waals surface area (Å²) in [6.45, 7) is 2.91. The Labute approximate surface area is 210 Å². The molecule has 34 heavy (non-hydrogen) atoms. The van der Waals surface area contributed by atoms with Gasteiger partial charge >= 0.3 is 0 Å². The van der Waals surface area contributed by atoms with Crippen molar-refractivity contribution in [3.63, 3.8) is 0 Å². The monoisotopic (exact) mass is 481 g/mol. The van der Waals surface area contributed by atoms with Gasteiger partial charge in [0, 0.05) is 5.02 Å². The molecule has 2 aromatic rings. The smallest absolute Gasteiger partial charge is 0.127 e. The lowest BCUT2D eigenvalue weighted by molar-refractivity contribution is 0.112. The van der Waals surface area contributed by atoms with Gasteiger partial charge in [0.15, 0.2) is 0 Å². The lowest BCUT2D eigenvalue weighted by Gasteiger charge is -2.50. The minimum absolute atomic E-state index is 0.146. The zero-order valence-corrected chi connectivity index (χ0v) is 22.0. The van der Waals surface area contributed by atoms with Crippen LogP contribution in [-0.4, -0.2) is 62.5 Å². The Kier molecular flexibility index (Phi) is 7.86. The van der Waals surface area contributed by atoms with Crippen molar-refractivity contribution in [2.24, 2.45) is 10.4 Å². The van der Waals surface area contributed by atoms with Gasteiger partial charge in [0.2, 0.25) is 0 Å². The van der Waals surface area contributed by atoms with E-state index in [4.69, 9.17) is 16.6 Å². The van der Waals surface area contributed by atoms with E-state index >= 15 is 0 Å². The Morgan fingerprint density at radius 1 is 0.853 bits per heavy atom. The summed E-state index contributed by atoms with van der Waals surface area (Å²) < 4.78 is 0. The van der Waals surface area contributed by atoms with Gasteiger partial charge in [0.05, 0.1) is 23.5 Å². The Bertz CT molecular complexity index is 978. The number of anilines is 2. The van der Waals surface area contributed by atoms with Gasteiger partial charge < -0.3 is 20.4 Å². The summed E-state index contributed by atoms with van der Waals surface area (Å²) in [6.07, 6.45) is 7.10. The summed E-state index contributed by atoms with van der Waals surface area (Å²) >= 11 is 6.23. The highest BCUT2D eigenvalue weighted by Gasteiger charge is 2.47. The van der Waals surface area contributed by atoms with Crippen LogP contribution in [0.1, 0.15) is 44.1 Å². The van der Waals surface area contributed by atoms with Crippen molar-refractivity contribution in [3.8, 4) is 0 Å². The van der Waals surface area contributed by atoms with E-state index in [1.54, 1.807) is 0 Å². The Balaban J connectivity index is 1.59. The van der Waals surface area contributed by atoms with E-state index in [2.05, 4.69) is 79.0 Å². The molecule has 1 saturated carbocycles. The van der Waals surface area contributed by atoms with Crippen LogP contribution < -0.4 is 10.6 Å². The van der Waals surface area contributed by atoms with E-state index < -0.39 is 0 Å². The van der Waals surface area contributed by atoms with Gasteiger partial charge in [-0.1, -0.05) is 35.9 Å². The van der Waals surface area contributed by atoms with Crippen LogP contribution in [0.3, 0.4) is 0 Å². The third kappa shape index (κ3) is 5.94. The number of fused-ring (bicyclic) bond motifs is 1. The van der Waals surface area contributed by atoms with Crippen molar-refractivity contribution in [3.05, 3.63) is 59.1 Å². The summed E-state index contributed by atoms with van der Waals surface area (Å²) in [7, 11) is 8.75. The number of halogens is 1. The van der Waals surface area contributed by atoms with Crippen molar-refractivity contribution < 1.29 is 0 Å². The fraction of sp³-hybridized carbons (Fsp3) is 0.536. The molecule has 1 heterocycles.